The van der Waals surface area contributed by atoms with Gasteiger partial charge in [0.05, 0.1) is 32.0 Å². The van der Waals surface area contributed by atoms with Crippen molar-refractivity contribution in [1.82, 2.24) is 14.3 Å². The zero-order valence-electron chi connectivity index (χ0n) is 10.2. The average Bonchev–Trinajstić information content (AvgIpc) is 2.85. The number of aliphatic hydroxyl groups is 2. The number of aryl methyl sites for hydroxylation is 1. The highest BCUT2D eigenvalue weighted by atomic mass is 16.3. The van der Waals surface area contributed by atoms with Gasteiger partial charge >= 0.3 is 0 Å². The van der Waals surface area contributed by atoms with Crippen LogP contribution in [0.1, 0.15) is 11.3 Å². The largest absolute Gasteiger partial charge is 0.394 e. The quantitative estimate of drug-likeness (QED) is 0.749. The highest BCUT2D eigenvalue weighted by Crippen LogP contribution is 2.15. The fourth-order valence-electron chi connectivity index (χ4n) is 2.07. The van der Waals surface area contributed by atoms with Crippen molar-refractivity contribution in [3.8, 4) is 0 Å². The standard InChI is InChI=1S/C11H18N4O2/c1-9-10(2)15(13(5-7-16)6-8-17)14-4-3-12-11(9)14/h3-4,16-17H,5-8H2,1-2H3. The van der Waals surface area contributed by atoms with E-state index in [0.29, 0.717) is 13.1 Å². The Morgan fingerprint density at radius 3 is 2.47 bits per heavy atom. The summed E-state index contributed by atoms with van der Waals surface area (Å²) in [5.41, 5.74) is 3.08. The van der Waals surface area contributed by atoms with E-state index in [0.717, 1.165) is 16.9 Å². The van der Waals surface area contributed by atoms with Crippen LogP contribution in [-0.4, -0.2) is 50.8 Å². The van der Waals surface area contributed by atoms with E-state index in [9.17, 15) is 0 Å². The number of imidazole rings is 1. The number of aromatic nitrogens is 3. The van der Waals surface area contributed by atoms with Gasteiger partial charge in [0.25, 0.3) is 0 Å². The highest BCUT2D eigenvalue weighted by Gasteiger charge is 2.15. The third-order valence-corrected chi connectivity index (χ3v) is 2.99. The van der Waals surface area contributed by atoms with Gasteiger partial charge in [0.2, 0.25) is 0 Å². The van der Waals surface area contributed by atoms with E-state index in [1.807, 2.05) is 34.4 Å². The van der Waals surface area contributed by atoms with Crippen molar-refractivity contribution in [3.63, 3.8) is 0 Å². The van der Waals surface area contributed by atoms with Gasteiger partial charge in [-0.1, -0.05) is 0 Å². The van der Waals surface area contributed by atoms with Gasteiger partial charge < -0.3 is 10.2 Å². The summed E-state index contributed by atoms with van der Waals surface area (Å²) < 4.78 is 1.93. The van der Waals surface area contributed by atoms with Gasteiger partial charge in [-0.15, -0.1) is 0 Å². The van der Waals surface area contributed by atoms with Crippen molar-refractivity contribution in [2.24, 2.45) is 0 Å². The van der Waals surface area contributed by atoms with Gasteiger partial charge in [0.1, 0.15) is 0 Å². The van der Waals surface area contributed by atoms with Crippen LogP contribution in [0, 0.1) is 13.8 Å². The zero-order chi connectivity index (χ0) is 12.4. The minimum Gasteiger partial charge on any atom is -0.394 e. The molecule has 0 fully saturated rings. The Kier molecular flexibility index (Phi) is 3.35. The predicted molar refractivity (Wildman–Crippen MR) is 64.8 cm³/mol. The second-order valence-corrected chi connectivity index (χ2v) is 4.00. The fourth-order valence-corrected chi connectivity index (χ4v) is 2.07. The molecule has 0 aliphatic carbocycles. The van der Waals surface area contributed by atoms with E-state index in [-0.39, 0.29) is 13.2 Å². The first-order chi connectivity index (χ1) is 8.20. The first-order valence-electron chi connectivity index (χ1n) is 5.69. The van der Waals surface area contributed by atoms with Crippen LogP contribution in [0.4, 0.5) is 0 Å². The third kappa shape index (κ3) is 1.89. The SMILES string of the molecule is Cc1c(C)n(N(CCO)CCO)n2ccnc12. The summed E-state index contributed by atoms with van der Waals surface area (Å²) in [5, 5.41) is 20.1. The van der Waals surface area contributed by atoms with Crippen LogP contribution in [0.5, 0.6) is 0 Å². The molecule has 0 saturated heterocycles. The molecule has 2 N–H and O–H groups in total. The van der Waals surface area contributed by atoms with E-state index < -0.39 is 0 Å². The molecule has 0 aliphatic heterocycles. The van der Waals surface area contributed by atoms with E-state index in [4.69, 9.17) is 10.2 Å². The normalized spacial score (nSPS) is 11.3. The number of rotatable bonds is 5. The monoisotopic (exact) mass is 238 g/mol. The van der Waals surface area contributed by atoms with E-state index in [1.165, 1.54) is 0 Å². The molecule has 6 heteroatoms. The fraction of sp³-hybridized carbons (Fsp3) is 0.545. The first kappa shape index (κ1) is 11.9. The first-order valence-corrected chi connectivity index (χ1v) is 5.69. The summed E-state index contributed by atoms with van der Waals surface area (Å²) in [7, 11) is 0. The van der Waals surface area contributed by atoms with Gasteiger partial charge in [-0.2, -0.15) is 4.79 Å². The molecule has 2 heterocycles. The predicted octanol–water partition coefficient (Wildman–Crippen LogP) is -0.325. The summed E-state index contributed by atoms with van der Waals surface area (Å²) in [6.07, 6.45) is 3.62. The lowest BCUT2D eigenvalue weighted by Crippen LogP contribution is -2.42. The maximum Gasteiger partial charge on any atom is 0.158 e. The molecular formula is C11H18N4O2. The molecule has 0 aliphatic rings. The van der Waals surface area contributed by atoms with Crippen molar-refractivity contribution in [3.05, 3.63) is 23.7 Å². The Morgan fingerprint density at radius 2 is 1.88 bits per heavy atom. The Hall–Kier alpha value is -1.53. The maximum atomic E-state index is 9.08. The zero-order valence-corrected chi connectivity index (χ0v) is 10.2. The van der Waals surface area contributed by atoms with Crippen LogP contribution in [0.15, 0.2) is 12.4 Å². The Labute approximate surface area is 99.7 Å². The van der Waals surface area contributed by atoms with Gasteiger partial charge in [0.15, 0.2) is 5.65 Å². The molecule has 2 aromatic heterocycles. The van der Waals surface area contributed by atoms with Crippen LogP contribution in [-0.2, 0) is 0 Å². The molecule has 0 unspecified atom stereocenters. The van der Waals surface area contributed by atoms with E-state index in [1.54, 1.807) is 6.20 Å². The van der Waals surface area contributed by atoms with Crippen molar-refractivity contribution in [2.75, 3.05) is 31.3 Å². The Balaban J connectivity index is 2.50. The smallest absolute Gasteiger partial charge is 0.158 e. The molecule has 2 rings (SSSR count). The number of hydrogen-bond donors (Lipinski definition) is 2. The minimum absolute atomic E-state index is 0.0485. The number of nitrogens with zero attached hydrogens (tertiary/aromatic N) is 4. The molecule has 6 nitrogen and oxygen atoms in total. The van der Waals surface area contributed by atoms with Gasteiger partial charge in [-0.3, -0.25) is 5.01 Å². The summed E-state index contributed by atoms with van der Waals surface area (Å²) >= 11 is 0. The maximum absolute atomic E-state index is 9.08. The van der Waals surface area contributed by atoms with Crippen LogP contribution in [0.25, 0.3) is 5.65 Å². The lowest BCUT2D eigenvalue weighted by atomic mass is 10.3. The molecule has 0 radical (unpaired) electrons. The molecule has 0 spiro atoms. The summed E-state index contributed by atoms with van der Waals surface area (Å²) in [4.78, 5) is 6.24. The molecule has 0 aromatic carbocycles. The van der Waals surface area contributed by atoms with Crippen LogP contribution in [0.2, 0.25) is 0 Å². The van der Waals surface area contributed by atoms with Crippen molar-refractivity contribution >= 4 is 5.65 Å². The van der Waals surface area contributed by atoms with Crippen LogP contribution in [0.3, 0.4) is 0 Å². The minimum atomic E-state index is 0.0485. The summed E-state index contributed by atoms with van der Waals surface area (Å²) in [6.45, 7) is 5.07. The molecule has 94 valence electrons. The summed E-state index contributed by atoms with van der Waals surface area (Å²) in [6, 6.07) is 0. The second kappa shape index (κ2) is 4.77. The number of fused-ring (bicyclic) bond motifs is 1. The molecule has 0 saturated carbocycles. The third-order valence-electron chi connectivity index (χ3n) is 2.99. The molecular weight excluding hydrogens is 220 g/mol. The lowest BCUT2D eigenvalue weighted by molar-refractivity contribution is 0.258. The topological polar surface area (TPSA) is 65.9 Å². The molecule has 0 atom stereocenters. The molecule has 2 aromatic rings. The van der Waals surface area contributed by atoms with Crippen molar-refractivity contribution in [2.45, 2.75) is 13.8 Å². The van der Waals surface area contributed by atoms with Crippen LogP contribution >= 0.6 is 0 Å². The molecule has 0 bridgehead atoms. The highest BCUT2D eigenvalue weighted by molar-refractivity contribution is 5.49. The van der Waals surface area contributed by atoms with Crippen molar-refractivity contribution in [1.29, 1.82) is 0 Å². The Morgan fingerprint density at radius 1 is 1.24 bits per heavy atom. The number of hydrogen-bond acceptors (Lipinski definition) is 4. The lowest BCUT2D eigenvalue weighted by Gasteiger charge is -2.26. The average molecular weight is 238 g/mol. The van der Waals surface area contributed by atoms with E-state index in [2.05, 4.69) is 4.98 Å². The van der Waals surface area contributed by atoms with Gasteiger partial charge in [0, 0.05) is 18.0 Å². The Bertz CT molecular complexity index is 497. The van der Waals surface area contributed by atoms with Gasteiger partial charge in [-0.05, 0) is 13.8 Å². The van der Waals surface area contributed by atoms with E-state index >= 15 is 0 Å². The van der Waals surface area contributed by atoms with Crippen LogP contribution < -0.4 is 5.01 Å². The summed E-state index contributed by atoms with van der Waals surface area (Å²) in [5.74, 6) is 0. The van der Waals surface area contributed by atoms with Crippen molar-refractivity contribution < 1.29 is 10.2 Å². The second-order valence-electron chi connectivity index (χ2n) is 4.00. The molecule has 17 heavy (non-hydrogen) atoms. The molecule has 0 amide bonds. The number of aliphatic hydroxyl groups excluding tert-OH is 2. The van der Waals surface area contributed by atoms with Gasteiger partial charge in [-0.25, -0.2) is 9.50 Å².